The van der Waals surface area contributed by atoms with Gasteiger partial charge in [-0.15, -0.1) is 11.8 Å². The van der Waals surface area contributed by atoms with Crippen LogP contribution in [0.4, 0.5) is 27.6 Å². The lowest BCUT2D eigenvalue weighted by Crippen LogP contribution is -2.37. The molecule has 0 spiro atoms. The van der Waals surface area contributed by atoms with E-state index in [-0.39, 0.29) is 12.2 Å². The second-order valence-electron chi connectivity index (χ2n) is 7.41. The van der Waals surface area contributed by atoms with Crippen molar-refractivity contribution in [1.29, 1.82) is 0 Å². The summed E-state index contributed by atoms with van der Waals surface area (Å²) in [5.41, 5.74) is 0.802. The Labute approximate surface area is 179 Å². The molecule has 1 heterocycles. The molecule has 1 aliphatic rings. The molecular formula is C21H20F5NO3S. The Balaban J connectivity index is 2.01. The van der Waals surface area contributed by atoms with Crippen molar-refractivity contribution in [3.8, 4) is 5.75 Å². The van der Waals surface area contributed by atoms with Crippen LogP contribution < -0.4 is 10.1 Å². The van der Waals surface area contributed by atoms with Crippen LogP contribution in [-0.2, 0) is 11.4 Å². The number of alkyl halides is 3. The van der Waals surface area contributed by atoms with Gasteiger partial charge < -0.3 is 15.2 Å². The number of hydrogen-bond acceptors (Lipinski definition) is 4. The fraction of sp³-hybridized carbons (Fsp3) is 0.381. The summed E-state index contributed by atoms with van der Waals surface area (Å²) in [7, 11) is 1.09. The lowest BCUT2D eigenvalue weighted by molar-refractivity contribution is -0.155. The van der Waals surface area contributed by atoms with Gasteiger partial charge in [0.1, 0.15) is 4.75 Å². The van der Waals surface area contributed by atoms with Crippen molar-refractivity contribution in [3.05, 3.63) is 59.2 Å². The number of methoxy groups -OCH3 is 1. The number of ether oxygens (including phenoxy) is 1. The first-order chi connectivity index (χ1) is 14.5. The molecule has 168 valence electrons. The van der Waals surface area contributed by atoms with E-state index in [1.807, 2.05) is 0 Å². The first-order valence-electron chi connectivity index (χ1n) is 9.28. The first kappa shape index (κ1) is 23.3. The van der Waals surface area contributed by atoms with Gasteiger partial charge in [0, 0.05) is 17.2 Å². The molecule has 1 aliphatic heterocycles. The van der Waals surface area contributed by atoms with Crippen LogP contribution in [0.3, 0.4) is 0 Å². The predicted molar refractivity (Wildman–Crippen MR) is 107 cm³/mol. The van der Waals surface area contributed by atoms with Crippen molar-refractivity contribution in [1.82, 2.24) is 0 Å². The first-order valence-corrected chi connectivity index (χ1v) is 10.2. The number of hydrogen-bond donors (Lipinski definition) is 2. The highest BCUT2D eigenvalue weighted by Gasteiger charge is 2.60. The number of benzene rings is 2. The number of amides is 1. The second-order valence-corrected chi connectivity index (χ2v) is 9.05. The van der Waals surface area contributed by atoms with Crippen molar-refractivity contribution in [2.75, 3.05) is 12.4 Å². The van der Waals surface area contributed by atoms with E-state index >= 15 is 0 Å². The summed E-state index contributed by atoms with van der Waals surface area (Å²) in [6, 6.07) is 8.19. The van der Waals surface area contributed by atoms with E-state index in [2.05, 4.69) is 5.32 Å². The van der Waals surface area contributed by atoms with E-state index in [4.69, 9.17) is 4.74 Å². The average molecular weight is 461 g/mol. The fourth-order valence-corrected chi connectivity index (χ4v) is 5.18. The molecule has 2 aromatic rings. The minimum atomic E-state index is -4.63. The van der Waals surface area contributed by atoms with Gasteiger partial charge in [-0.2, -0.15) is 17.6 Å². The standard InChI is InChI=1S/C21H20F5NO3S/c1-20(21(24,25)26)9-14(13-6-7-15(22)16(23)17(13)30-2)18(31-20)19(29)27-12-5-3-4-11(8-12)10-28/h3-8,14,18,28H,9-10H2,1-2H3,(H,27,29)/t14-,18+,20+/m0/s1. The minimum Gasteiger partial charge on any atom is -0.493 e. The van der Waals surface area contributed by atoms with E-state index in [0.717, 1.165) is 26.2 Å². The number of aliphatic hydroxyl groups excluding tert-OH is 1. The van der Waals surface area contributed by atoms with Crippen molar-refractivity contribution in [3.63, 3.8) is 0 Å². The Bertz CT molecular complexity index is 984. The van der Waals surface area contributed by atoms with Crippen LogP contribution in [0.2, 0.25) is 0 Å². The molecule has 4 nitrogen and oxygen atoms in total. The van der Waals surface area contributed by atoms with Crippen LogP contribution in [0.25, 0.3) is 0 Å². The molecular weight excluding hydrogens is 441 g/mol. The van der Waals surface area contributed by atoms with Crippen molar-refractivity contribution in [2.24, 2.45) is 0 Å². The normalized spacial score (nSPS) is 23.6. The van der Waals surface area contributed by atoms with E-state index < -0.39 is 51.8 Å². The van der Waals surface area contributed by atoms with Gasteiger partial charge in [-0.25, -0.2) is 4.39 Å². The molecule has 3 atom stereocenters. The van der Waals surface area contributed by atoms with Gasteiger partial charge in [-0.3, -0.25) is 4.79 Å². The van der Waals surface area contributed by atoms with Crippen molar-refractivity contribution < 1.29 is 36.6 Å². The Morgan fingerprint density at radius 2 is 2.00 bits per heavy atom. The molecule has 3 rings (SSSR count). The van der Waals surface area contributed by atoms with Gasteiger partial charge in [-0.05, 0) is 37.1 Å². The zero-order valence-electron chi connectivity index (χ0n) is 16.6. The summed E-state index contributed by atoms with van der Waals surface area (Å²) in [4.78, 5) is 13.0. The van der Waals surface area contributed by atoms with Gasteiger partial charge in [0.05, 0.1) is 19.0 Å². The maximum Gasteiger partial charge on any atom is 0.403 e. The monoisotopic (exact) mass is 461 g/mol. The van der Waals surface area contributed by atoms with Crippen molar-refractivity contribution >= 4 is 23.4 Å². The SMILES string of the molecule is COc1c([C@@H]2C[C@](C)(C(F)(F)F)S[C@H]2C(=O)Nc2cccc(CO)c2)ccc(F)c1F. The molecule has 10 heteroatoms. The number of carbonyl (C=O) groups excluding carboxylic acids is 1. The quantitative estimate of drug-likeness (QED) is 0.615. The zero-order valence-corrected chi connectivity index (χ0v) is 17.4. The molecule has 2 N–H and O–H groups in total. The molecule has 0 bridgehead atoms. The summed E-state index contributed by atoms with van der Waals surface area (Å²) >= 11 is 0.431. The predicted octanol–water partition coefficient (Wildman–Crippen LogP) is 5.01. The van der Waals surface area contributed by atoms with Crippen LogP contribution in [0.5, 0.6) is 5.75 Å². The van der Waals surface area contributed by atoms with Crippen LogP contribution in [0, 0.1) is 11.6 Å². The number of halogens is 5. The van der Waals surface area contributed by atoms with E-state index in [0.29, 0.717) is 23.0 Å². The molecule has 0 unspecified atom stereocenters. The molecule has 31 heavy (non-hydrogen) atoms. The third-order valence-corrected chi connectivity index (χ3v) is 7.00. The lowest BCUT2D eigenvalue weighted by Gasteiger charge is -2.26. The third kappa shape index (κ3) is 4.50. The highest BCUT2D eigenvalue weighted by molar-refractivity contribution is 8.02. The van der Waals surface area contributed by atoms with Gasteiger partial charge in [0.25, 0.3) is 0 Å². The van der Waals surface area contributed by atoms with Crippen LogP contribution in [0.1, 0.15) is 30.4 Å². The molecule has 0 radical (unpaired) electrons. The Hall–Kier alpha value is -2.33. The van der Waals surface area contributed by atoms with E-state index in [1.165, 1.54) is 12.1 Å². The maximum atomic E-state index is 14.2. The average Bonchev–Trinajstić information content (AvgIpc) is 3.09. The number of carbonyl (C=O) groups is 1. The molecule has 1 saturated heterocycles. The van der Waals surface area contributed by atoms with Gasteiger partial charge in [0.15, 0.2) is 11.6 Å². The zero-order chi connectivity index (χ0) is 23.0. The van der Waals surface area contributed by atoms with Crippen LogP contribution >= 0.6 is 11.8 Å². The summed E-state index contributed by atoms with van der Waals surface area (Å²) in [5, 5.41) is 10.6. The summed E-state index contributed by atoms with van der Waals surface area (Å²) in [5.74, 6) is -4.84. The molecule has 0 aromatic heterocycles. The molecule has 0 aliphatic carbocycles. The molecule has 0 saturated carbocycles. The highest BCUT2D eigenvalue weighted by Crippen LogP contribution is 2.59. The van der Waals surface area contributed by atoms with Crippen molar-refractivity contribution in [2.45, 2.75) is 42.0 Å². The number of rotatable bonds is 5. The maximum absolute atomic E-state index is 14.2. The van der Waals surface area contributed by atoms with Gasteiger partial charge in [0.2, 0.25) is 11.7 Å². The number of thioether (sulfide) groups is 1. The number of aliphatic hydroxyl groups is 1. The third-order valence-electron chi connectivity index (χ3n) is 5.28. The van der Waals surface area contributed by atoms with Gasteiger partial charge in [-0.1, -0.05) is 18.2 Å². The molecule has 1 fully saturated rings. The minimum absolute atomic E-state index is 0.00821. The van der Waals surface area contributed by atoms with E-state index in [9.17, 15) is 31.9 Å². The Morgan fingerprint density at radius 1 is 1.29 bits per heavy atom. The largest absolute Gasteiger partial charge is 0.493 e. The smallest absolute Gasteiger partial charge is 0.403 e. The number of nitrogens with one attached hydrogen (secondary N) is 1. The fourth-order valence-electron chi connectivity index (χ4n) is 3.64. The van der Waals surface area contributed by atoms with Crippen LogP contribution in [-0.4, -0.2) is 34.3 Å². The van der Waals surface area contributed by atoms with Gasteiger partial charge >= 0.3 is 6.18 Å². The summed E-state index contributed by atoms with van der Waals surface area (Å²) in [6.45, 7) is 0.708. The topological polar surface area (TPSA) is 58.6 Å². The van der Waals surface area contributed by atoms with Crippen LogP contribution in [0.15, 0.2) is 36.4 Å². The second kappa shape index (κ2) is 8.66. The Kier molecular flexibility index (Phi) is 6.52. The Morgan fingerprint density at radius 3 is 2.61 bits per heavy atom. The summed E-state index contributed by atoms with van der Waals surface area (Å²) in [6.07, 6.45) is -5.15. The molecule has 2 aromatic carbocycles. The summed E-state index contributed by atoms with van der Waals surface area (Å²) < 4.78 is 71.9. The molecule has 1 amide bonds. The number of anilines is 1. The lowest BCUT2D eigenvalue weighted by atomic mass is 9.85. The highest BCUT2D eigenvalue weighted by atomic mass is 32.2. The van der Waals surface area contributed by atoms with E-state index in [1.54, 1.807) is 12.1 Å².